The summed E-state index contributed by atoms with van der Waals surface area (Å²) in [6, 6.07) is 4.84. The van der Waals surface area contributed by atoms with Crippen LogP contribution in [0.3, 0.4) is 0 Å². The molecule has 1 aromatic rings. The second-order valence-electron chi connectivity index (χ2n) is 6.45. The van der Waals surface area contributed by atoms with Gasteiger partial charge in [-0.1, -0.05) is 41.3 Å². The number of hydrogen-bond acceptors (Lipinski definition) is 1. The number of amides is 1. The lowest BCUT2D eigenvalue weighted by Crippen LogP contribution is -2.45. The monoisotopic (exact) mass is 353 g/mol. The molecule has 1 aromatic carbocycles. The molecule has 0 radical (unpaired) electrons. The Morgan fingerprint density at radius 2 is 1.95 bits per heavy atom. The first kappa shape index (κ1) is 15.0. The van der Waals surface area contributed by atoms with E-state index in [0.29, 0.717) is 13.0 Å². The van der Waals surface area contributed by atoms with Gasteiger partial charge in [-0.25, -0.2) is 4.39 Å². The molecule has 0 spiro atoms. The van der Waals surface area contributed by atoms with Crippen LogP contribution >= 0.6 is 15.9 Å². The minimum atomic E-state index is -0.259. The van der Waals surface area contributed by atoms with Crippen molar-refractivity contribution >= 4 is 27.5 Å². The Morgan fingerprint density at radius 3 is 2.67 bits per heavy atom. The Kier molecular flexibility index (Phi) is 4.34. The van der Waals surface area contributed by atoms with Crippen LogP contribution in [-0.2, 0) is 11.2 Å². The summed E-state index contributed by atoms with van der Waals surface area (Å²) < 4.78 is 13.6. The number of fused-ring (bicyclic) bond motifs is 1. The Hall–Kier alpha value is -0.900. The minimum Gasteiger partial charge on any atom is -0.311 e. The zero-order chi connectivity index (χ0) is 14.9. The molecule has 0 unspecified atom stereocenters. The maximum Gasteiger partial charge on any atom is 0.227 e. The Bertz CT molecular complexity index is 540. The number of halogens is 2. The van der Waals surface area contributed by atoms with Crippen molar-refractivity contribution in [3.05, 3.63) is 29.6 Å². The van der Waals surface area contributed by atoms with E-state index in [9.17, 15) is 9.18 Å². The molecule has 1 amide bonds. The number of hydrogen-bond donors (Lipinski definition) is 0. The maximum atomic E-state index is 13.6. The smallest absolute Gasteiger partial charge is 0.227 e. The van der Waals surface area contributed by atoms with Crippen molar-refractivity contribution in [2.45, 2.75) is 44.9 Å². The summed E-state index contributed by atoms with van der Waals surface area (Å²) in [5, 5.41) is 0.911. The molecular formula is C17H21BrFNO. The molecule has 1 heterocycles. The van der Waals surface area contributed by atoms with Gasteiger partial charge in [-0.2, -0.15) is 0 Å². The van der Waals surface area contributed by atoms with Crippen molar-refractivity contribution < 1.29 is 9.18 Å². The molecule has 0 bridgehead atoms. The van der Waals surface area contributed by atoms with Gasteiger partial charge in [-0.15, -0.1) is 0 Å². The third-order valence-corrected chi connectivity index (χ3v) is 6.13. The summed E-state index contributed by atoms with van der Waals surface area (Å²) in [5.41, 5.74) is 2.03. The van der Waals surface area contributed by atoms with Gasteiger partial charge >= 0.3 is 0 Å². The quantitative estimate of drug-likeness (QED) is 0.735. The Balaban J connectivity index is 1.90. The lowest BCUT2D eigenvalue weighted by Gasteiger charge is -2.41. The lowest BCUT2D eigenvalue weighted by atomic mass is 9.75. The predicted molar refractivity (Wildman–Crippen MR) is 86.4 cm³/mol. The van der Waals surface area contributed by atoms with Gasteiger partial charge in [-0.3, -0.25) is 4.79 Å². The zero-order valence-corrected chi connectivity index (χ0v) is 13.8. The normalized spacial score (nSPS) is 21.2. The van der Waals surface area contributed by atoms with Crippen molar-refractivity contribution in [1.82, 2.24) is 0 Å². The van der Waals surface area contributed by atoms with E-state index in [0.717, 1.165) is 35.8 Å². The largest absolute Gasteiger partial charge is 0.311 e. The molecule has 1 fully saturated rings. The molecule has 0 aromatic heterocycles. The zero-order valence-electron chi connectivity index (χ0n) is 12.2. The van der Waals surface area contributed by atoms with E-state index in [1.54, 1.807) is 0 Å². The molecule has 0 N–H and O–H groups in total. The second-order valence-corrected chi connectivity index (χ2v) is 7.01. The fraction of sp³-hybridized carbons (Fsp3) is 0.588. The minimum absolute atomic E-state index is 0.138. The van der Waals surface area contributed by atoms with Crippen LogP contribution in [0.2, 0.25) is 0 Å². The molecule has 2 nitrogen and oxygen atoms in total. The summed E-state index contributed by atoms with van der Waals surface area (Å²) >= 11 is 3.66. The summed E-state index contributed by atoms with van der Waals surface area (Å²) in [4.78, 5) is 14.2. The summed E-state index contributed by atoms with van der Waals surface area (Å²) in [6.45, 7) is 0.716. The lowest BCUT2D eigenvalue weighted by molar-refractivity contribution is -0.119. The highest BCUT2D eigenvalue weighted by atomic mass is 79.9. The number of carbonyl (C=O) groups excluding carboxylic acids is 1. The summed E-state index contributed by atoms with van der Waals surface area (Å²) in [6.07, 6.45) is 7.30. The van der Waals surface area contributed by atoms with Crippen LogP contribution in [0.15, 0.2) is 18.2 Å². The average Bonchev–Trinajstić information content (AvgIpc) is 2.51. The highest BCUT2D eigenvalue weighted by Gasteiger charge is 2.36. The highest BCUT2D eigenvalue weighted by Crippen LogP contribution is 2.41. The van der Waals surface area contributed by atoms with E-state index >= 15 is 0 Å². The van der Waals surface area contributed by atoms with Crippen molar-refractivity contribution in [3.63, 3.8) is 0 Å². The number of carbonyl (C=O) groups is 1. The van der Waals surface area contributed by atoms with Crippen LogP contribution in [0, 0.1) is 11.2 Å². The SMILES string of the molecule is O=C1CCc2ccc(F)cc2N1CC1(CBr)CCCCC1. The fourth-order valence-corrected chi connectivity index (χ4v) is 4.39. The third-order valence-electron chi connectivity index (χ3n) is 4.94. The van der Waals surface area contributed by atoms with E-state index in [4.69, 9.17) is 0 Å². The van der Waals surface area contributed by atoms with Crippen molar-refractivity contribution in [3.8, 4) is 0 Å². The molecule has 114 valence electrons. The van der Waals surface area contributed by atoms with Crippen LogP contribution in [0.25, 0.3) is 0 Å². The molecule has 2 aliphatic rings. The van der Waals surface area contributed by atoms with Gasteiger partial charge in [0.2, 0.25) is 5.91 Å². The average molecular weight is 354 g/mol. The molecule has 1 aliphatic heterocycles. The number of anilines is 1. The molecule has 4 heteroatoms. The molecule has 0 saturated heterocycles. The number of aryl methyl sites for hydroxylation is 1. The standard InChI is InChI=1S/C17H21BrFNO/c18-11-17(8-2-1-3-9-17)12-20-15-10-14(19)6-4-13(15)5-7-16(20)21/h4,6,10H,1-3,5,7-9,11-12H2. The summed E-state index contributed by atoms with van der Waals surface area (Å²) in [7, 11) is 0. The van der Waals surface area contributed by atoms with Gasteiger partial charge in [0.15, 0.2) is 0 Å². The van der Waals surface area contributed by atoms with Gasteiger partial charge < -0.3 is 4.90 Å². The maximum absolute atomic E-state index is 13.6. The third kappa shape index (κ3) is 3.01. The van der Waals surface area contributed by atoms with E-state index in [1.165, 1.54) is 31.4 Å². The van der Waals surface area contributed by atoms with Gasteiger partial charge in [0.25, 0.3) is 0 Å². The first-order valence-electron chi connectivity index (χ1n) is 7.78. The van der Waals surface area contributed by atoms with E-state index in [1.807, 2.05) is 11.0 Å². The van der Waals surface area contributed by atoms with Crippen LogP contribution in [0.1, 0.15) is 44.1 Å². The molecule has 0 atom stereocenters. The molecule has 1 aliphatic carbocycles. The fourth-order valence-electron chi connectivity index (χ4n) is 3.66. The van der Waals surface area contributed by atoms with Crippen LogP contribution in [0.4, 0.5) is 10.1 Å². The first-order valence-corrected chi connectivity index (χ1v) is 8.90. The predicted octanol–water partition coefficient (Wildman–Crippen LogP) is 4.45. The van der Waals surface area contributed by atoms with E-state index < -0.39 is 0 Å². The van der Waals surface area contributed by atoms with Crippen molar-refractivity contribution in [2.24, 2.45) is 5.41 Å². The van der Waals surface area contributed by atoms with Gasteiger partial charge in [-0.05, 0) is 42.4 Å². The molecule has 21 heavy (non-hydrogen) atoms. The van der Waals surface area contributed by atoms with Crippen molar-refractivity contribution in [2.75, 3.05) is 16.8 Å². The number of benzene rings is 1. The van der Waals surface area contributed by atoms with Crippen molar-refractivity contribution in [1.29, 1.82) is 0 Å². The van der Waals surface area contributed by atoms with Crippen LogP contribution in [0.5, 0.6) is 0 Å². The molecule has 3 rings (SSSR count). The molecule has 1 saturated carbocycles. The Labute approximate surface area is 133 Å². The first-order chi connectivity index (χ1) is 10.1. The van der Waals surface area contributed by atoms with Crippen LogP contribution < -0.4 is 4.90 Å². The highest BCUT2D eigenvalue weighted by molar-refractivity contribution is 9.09. The molecular weight excluding hydrogens is 333 g/mol. The van der Waals surface area contributed by atoms with E-state index in [2.05, 4.69) is 15.9 Å². The van der Waals surface area contributed by atoms with Crippen LogP contribution in [-0.4, -0.2) is 17.8 Å². The van der Waals surface area contributed by atoms with Gasteiger partial charge in [0.1, 0.15) is 5.82 Å². The number of nitrogens with zero attached hydrogens (tertiary/aromatic N) is 1. The number of rotatable bonds is 3. The second kappa shape index (κ2) is 6.07. The van der Waals surface area contributed by atoms with Gasteiger partial charge in [0, 0.05) is 24.0 Å². The summed E-state index contributed by atoms with van der Waals surface area (Å²) in [5.74, 6) is -0.121. The topological polar surface area (TPSA) is 20.3 Å². The van der Waals surface area contributed by atoms with E-state index in [-0.39, 0.29) is 17.1 Å². The van der Waals surface area contributed by atoms with Gasteiger partial charge in [0.05, 0.1) is 0 Å². The number of alkyl halides is 1. The Morgan fingerprint density at radius 1 is 1.19 bits per heavy atom.